The van der Waals surface area contributed by atoms with E-state index in [2.05, 4.69) is 195 Å². The molecule has 1 fully saturated rings. The van der Waals surface area contributed by atoms with Crippen molar-refractivity contribution in [1.82, 2.24) is 19.9 Å². The molecule has 0 spiro atoms. The Bertz CT molecular complexity index is 3200. The van der Waals surface area contributed by atoms with Gasteiger partial charge in [0.15, 0.2) is 11.6 Å². The van der Waals surface area contributed by atoms with Gasteiger partial charge in [-0.2, -0.15) is 0 Å². The highest BCUT2D eigenvalue weighted by Gasteiger charge is 2.36. The van der Waals surface area contributed by atoms with Crippen LogP contribution in [-0.2, 0) is 5.41 Å². The number of aromatic nitrogens is 4. The van der Waals surface area contributed by atoms with Gasteiger partial charge in [0, 0.05) is 38.8 Å². The molecule has 1 saturated carbocycles. The van der Waals surface area contributed by atoms with E-state index in [0.717, 1.165) is 85.7 Å². The van der Waals surface area contributed by atoms with Crippen LogP contribution in [0.25, 0.3) is 84.5 Å². The summed E-state index contributed by atoms with van der Waals surface area (Å²) in [6.45, 7) is 6.34. The summed E-state index contributed by atoms with van der Waals surface area (Å²) >= 11 is 0. The van der Waals surface area contributed by atoms with Crippen LogP contribution in [0.1, 0.15) is 55.7 Å². The molecule has 0 aliphatic heterocycles. The molecule has 10 rings (SSSR count). The molecule has 9 aromatic rings. The van der Waals surface area contributed by atoms with Crippen molar-refractivity contribution in [3.05, 3.63) is 248 Å². The highest BCUT2D eigenvalue weighted by Crippen LogP contribution is 2.46. The maximum absolute atomic E-state index is 5.24. The first-order valence-electron chi connectivity index (χ1n) is 23.4. The van der Waals surface area contributed by atoms with Crippen molar-refractivity contribution in [1.29, 1.82) is 0 Å². The standard InChI is InChI=1S/C63H52N4/c1-3-4-9-20-45(2)51-27-18-29-53(41-51)59-43-57(47-23-12-6-13-24-47)64-61(66-59)49-31-35-55(36-32-49)63(39-16-8-17-40-63)56-37-33-50(34-38-56)62-65-58(48-25-14-7-15-26-48)44-60(67-62)54-30-19-28-52(42-54)46-21-10-5-11-22-46/h3-7,9-15,18-38,41-44H,2,8,16-17,39-40H2,1H3/b4-3-,20-9-. The average Bonchev–Trinajstić information content (AvgIpc) is 3.41. The molecule has 1 aliphatic rings. The van der Waals surface area contributed by atoms with Gasteiger partial charge in [-0.25, -0.2) is 19.9 Å². The number of allylic oxidation sites excluding steroid dienone is 5. The molecule has 324 valence electrons. The van der Waals surface area contributed by atoms with Crippen LogP contribution in [0.4, 0.5) is 0 Å². The minimum atomic E-state index is -0.118. The second kappa shape index (κ2) is 19.6. The van der Waals surface area contributed by atoms with E-state index in [-0.39, 0.29) is 5.41 Å². The smallest absolute Gasteiger partial charge is 0.160 e. The summed E-state index contributed by atoms with van der Waals surface area (Å²) in [7, 11) is 0. The van der Waals surface area contributed by atoms with Crippen LogP contribution in [0.3, 0.4) is 0 Å². The average molecular weight is 865 g/mol. The molecular weight excluding hydrogens is 813 g/mol. The molecule has 1 aliphatic carbocycles. The van der Waals surface area contributed by atoms with Crippen molar-refractivity contribution < 1.29 is 0 Å². The first kappa shape index (κ1) is 42.8. The van der Waals surface area contributed by atoms with Gasteiger partial charge in [0.05, 0.1) is 22.8 Å². The summed E-state index contributed by atoms with van der Waals surface area (Å²) in [5.41, 5.74) is 16.6. The van der Waals surface area contributed by atoms with Crippen molar-refractivity contribution in [2.45, 2.75) is 44.4 Å². The predicted octanol–water partition coefficient (Wildman–Crippen LogP) is 16.3. The van der Waals surface area contributed by atoms with E-state index in [1.165, 1.54) is 36.0 Å². The monoisotopic (exact) mass is 864 g/mol. The molecule has 0 unspecified atom stereocenters. The fourth-order valence-electron chi connectivity index (χ4n) is 9.48. The molecule has 67 heavy (non-hydrogen) atoms. The zero-order chi connectivity index (χ0) is 45.4. The van der Waals surface area contributed by atoms with Crippen LogP contribution in [0.15, 0.2) is 231 Å². The van der Waals surface area contributed by atoms with E-state index >= 15 is 0 Å². The summed E-state index contributed by atoms with van der Waals surface area (Å²) in [5, 5.41) is 0. The number of nitrogens with zero attached hydrogens (tertiary/aromatic N) is 4. The van der Waals surface area contributed by atoms with E-state index in [0.29, 0.717) is 11.6 Å². The van der Waals surface area contributed by atoms with Crippen LogP contribution in [0.2, 0.25) is 0 Å². The SMILES string of the molecule is C=C(/C=C\C=C/C)c1cccc(-c2cc(-c3ccccc3)nc(-c3ccc(C4(c5ccc(-c6nc(-c7ccccc7)cc(-c7cccc(-c8ccccc8)c7)n6)cc5)CCCCC4)cc3)n2)c1. The lowest BCUT2D eigenvalue weighted by atomic mass is 9.65. The molecule has 0 saturated heterocycles. The van der Waals surface area contributed by atoms with E-state index in [1.807, 2.05) is 43.4 Å². The maximum Gasteiger partial charge on any atom is 0.160 e. The molecule has 0 N–H and O–H groups in total. The van der Waals surface area contributed by atoms with Crippen LogP contribution in [-0.4, -0.2) is 19.9 Å². The lowest BCUT2D eigenvalue weighted by molar-refractivity contribution is 0.346. The summed E-state index contributed by atoms with van der Waals surface area (Å²) in [5.74, 6) is 1.41. The second-order valence-corrected chi connectivity index (χ2v) is 17.4. The highest BCUT2D eigenvalue weighted by atomic mass is 14.9. The molecule has 4 nitrogen and oxygen atoms in total. The van der Waals surface area contributed by atoms with E-state index in [4.69, 9.17) is 19.9 Å². The maximum atomic E-state index is 5.24. The second-order valence-electron chi connectivity index (χ2n) is 17.4. The van der Waals surface area contributed by atoms with Gasteiger partial charge in [0.1, 0.15) is 0 Å². The van der Waals surface area contributed by atoms with Gasteiger partial charge in [-0.1, -0.05) is 226 Å². The molecule has 2 heterocycles. The van der Waals surface area contributed by atoms with Crippen molar-refractivity contribution >= 4 is 5.57 Å². The van der Waals surface area contributed by atoms with E-state index in [9.17, 15) is 0 Å². The summed E-state index contributed by atoms with van der Waals surface area (Å²) in [6.07, 6.45) is 13.9. The lowest BCUT2D eigenvalue weighted by Gasteiger charge is -2.39. The fraction of sp³-hybridized carbons (Fsp3) is 0.111. The molecule has 4 heteroatoms. The molecule has 0 bridgehead atoms. The molecule has 2 aromatic heterocycles. The highest BCUT2D eigenvalue weighted by molar-refractivity contribution is 5.79. The van der Waals surface area contributed by atoms with E-state index in [1.54, 1.807) is 0 Å². The Hall–Kier alpha value is -8.08. The first-order valence-corrected chi connectivity index (χ1v) is 23.4. The zero-order valence-electron chi connectivity index (χ0n) is 37.9. The summed E-state index contributed by atoms with van der Waals surface area (Å²) in [6, 6.07) is 70.7. The zero-order valence-corrected chi connectivity index (χ0v) is 37.9. The Morgan fingerprint density at radius 1 is 0.403 bits per heavy atom. The number of rotatable bonds is 12. The quantitative estimate of drug-likeness (QED) is 0.115. The third-order valence-corrected chi connectivity index (χ3v) is 13.1. The van der Waals surface area contributed by atoms with Crippen LogP contribution >= 0.6 is 0 Å². The van der Waals surface area contributed by atoms with Crippen molar-refractivity contribution in [3.63, 3.8) is 0 Å². The lowest BCUT2D eigenvalue weighted by Crippen LogP contribution is -2.30. The van der Waals surface area contributed by atoms with Crippen LogP contribution in [0, 0.1) is 0 Å². The van der Waals surface area contributed by atoms with Crippen LogP contribution < -0.4 is 0 Å². The fourth-order valence-corrected chi connectivity index (χ4v) is 9.48. The van der Waals surface area contributed by atoms with Gasteiger partial charge in [0.2, 0.25) is 0 Å². The van der Waals surface area contributed by atoms with Crippen molar-refractivity contribution in [3.8, 4) is 78.9 Å². The summed E-state index contributed by atoms with van der Waals surface area (Å²) in [4.78, 5) is 20.8. The third kappa shape index (κ3) is 9.38. The molecule has 0 radical (unpaired) electrons. The molecule has 7 aromatic carbocycles. The number of hydrogen-bond acceptors (Lipinski definition) is 4. The van der Waals surface area contributed by atoms with E-state index < -0.39 is 0 Å². The van der Waals surface area contributed by atoms with Crippen LogP contribution in [0.5, 0.6) is 0 Å². The van der Waals surface area contributed by atoms with Crippen molar-refractivity contribution in [2.24, 2.45) is 0 Å². The Labute approximate surface area is 394 Å². The van der Waals surface area contributed by atoms with Gasteiger partial charge in [-0.3, -0.25) is 0 Å². The first-order chi connectivity index (χ1) is 33.0. The Balaban J connectivity index is 0.990. The minimum absolute atomic E-state index is 0.118. The van der Waals surface area contributed by atoms with Gasteiger partial charge in [0.25, 0.3) is 0 Å². The van der Waals surface area contributed by atoms with Crippen molar-refractivity contribution in [2.75, 3.05) is 0 Å². The van der Waals surface area contributed by atoms with Gasteiger partial charge in [-0.15, -0.1) is 0 Å². The third-order valence-electron chi connectivity index (χ3n) is 13.1. The molecule has 0 atom stereocenters. The molecule has 0 amide bonds. The minimum Gasteiger partial charge on any atom is -0.228 e. The van der Waals surface area contributed by atoms with Gasteiger partial charge >= 0.3 is 0 Å². The Morgan fingerprint density at radius 2 is 0.836 bits per heavy atom. The van der Waals surface area contributed by atoms with Gasteiger partial charge < -0.3 is 0 Å². The summed E-state index contributed by atoms with van der Waals surface area (Å²) < 4.78 is 0. The largest absolute Gasteiger partial charge is 0.228 e. The Kier molecular flexibility index (Phi) is 12.5. The normalized spacial score (nSPS) is 13.5. The Morgan fingerprint density at radius 3 is 1.34 bits per heavy atom. The predicted molar refractivity (Wildman–Crippen MR) is 279 cm³/mol. The topological polar surface area (TPSA) is 51.6 Å². The number of hydrogen-bond donors (Lipinski definition) is 0. The number of benzene rings is 7. The van der Waals surface area contributed by atoms with Gasteiger partial charge in [-0.05, 0) is 77.4 Å². The molecular formula is C63H52N4.